The van der Waals surface area contributed by atoms with Crippen molar-refractivity contribution < 1.29 is 47.6 Å². The summed E-state index contributed by atoms with van der Waals surface area (Å²) in [5.41, 5.74) is 7.28. The number of fused-ring (bicyclic) bond motifs is 2. The molecule has 0 N–H and O–H groups in total. The first-order valence-electron chi connectivity index (χ1n) is 13.9. The first-order valence-corrected chi connectivity index (χ1v) is 15.5. The molecule has 1 aromatic heterocycles. The summed E-state index contributed by atoms with van der Waals surface area (Å²) in [6.45, 7) is 8.11. The summed E-state index contributed by atoms with van der Waals surface area (Å²) in [5.74, 6) is -0.633. The molecule has 0 unspecified atom stereocenters. The van der Waals surface area contributed by atoms with Crippen molar-refractivity contribution in [3.63, 3.8) is 0 Å². The van der Waals surface area contributed by atoms with E-state index in [2.05, 4.69) is 54.5 Å². The SMILES string of the molecule is CCN1/C(=C/C=C2/CCCC(/C=C/c3sc4ccc(C(=O)OC)cc4[n+]3CC)=C2C)Sc2ccc(C(=O)OC)cc21.[I-]. The van der Waals surface area contributed by atoms with Crippen LogP contribution in [0.3, 0.4) is 0 Å². The molecule has 0 bridgehead atoms. The van der Waals surface area contributed by atoms with Crippen LogP contribution in [0.4, 0.5) is 5.69 Å². The van der Waals surface area contributed by atoms with E-state index in [-0.39, 0.29) is 35.9 Å². The van der Waals surface area contributed by atoms with Gasteiger partial charge < -0.3 is 38.4 Å². The highest BCUT2D eigenvalue weighted by Gasteiger charge is 2.25. The van der Waals surface area contributed by atoms with Gasteiger partial charge in [-0.25, -0.2) is 9.59 Å². The summed E-state index contributed by atoms with van der Waals surface area (Å²) in [7, 11) is 2.82. The monoisotopic (exact) mass is 714 g/mol. The van der Waals surface area contributed by atoms with E-state index < -0.39 is 0 Å². The number of benzene rings is 2. The Labute approximate surface area is 272 Å². The summed E-state index contributed by atoms with van der Waals surface area (Å²) in [6.07, 6.45) is 12.2. The standard InChI is InChI=1S/C33H35N2O4S2.HI/c1-6-34-26-19-24(32(36)38-4)11-15-28(26)40-30(34)17-13-22-9-8-10-23(21(22)3)14-18-31-35(7-2)27-20-25(33(37)39-5)12-16-29(27)41-31;/h11-20H,6-10H2,1-5H3;1H/q+1;/p-1. The van der Waals surface area contributed by atoms with Crippen LogP contribution in [0.25, 0.3) is 16.3 Å². The lowest BCUT2D eigenvalue weighted by Gasteiger charge is -2.20. The zero-order valence-corrected chi connectivity index (χ0v) is 28.3. The molecule has 2 aromatic carbocycles. The number of carbonyl (C=O) groups excluding carboxylic acids is 2. The summed E-state index contributed by atoms with van der Waals surface area (Å²) < 4.78 is 13.2. The first kappa shape index (κ1) is 32.0. The van der Waals surface area contributed by atoms with Gasteiger partial charge in [0.25, 0.3) is 5.01 Å². The second-order valence-corrected chi connectivity index (χ2v) is 12.0. The van der Waals surface area contributed by atoms with E-state index >= 15 is 0 Å². The van der Waals surface area contributed by atoms with Crippen LogP contribution in [-0.2, 0) is 16.0 Å². The smallest absolute Gasteiger partial charge is 0.338 e. The summed E-state index contributed by atoms with van der Waals surface area (Å²) in [5, 5.41) is 2.32. The zero-order chi connectivity index (χ0) is 29.1. The number of anilines is 1. The molecule has 6 nitrogen and oxygen atoms in total. The lowest BCUT2D eigenvalue weighted by Crippen LogP contribution is -3.00. The Bertz CT molecular complexity index is 1650. The molecule has 9 heteroatoms. The second kappa shape index (κ2) is 14.1. The molecule has 0 saturated carbocycles. The van der Waals surface area contributed by atoms with Gasteiger partial charge in [0.2, 0.25) is 5.52 Å². The third-order valence-corrected chi connectivity index (χ3v) is 9.91. The van der Waals surface area contributed by atoms with E-state index in [1.54, 1.807) is 23.1 Å². The average Bonchev–Trinajstić information content (AvgIpc) is 3.54. The minimum absolute atomic E-state index is 0. The summed E-state index contributed by atoms with van der Waals surface area (Å²) in [4.78, 5) is 27.5. The minimum atomic E-state index is -0.317. The topological polar surface area (TPSA) is 59.7 Å². The van der Waals surface area contributed by atoms with Crippen LogP contribution >= 0.6 is 23.1 Å². The Morgan fingerprint density at radius 3 is 2.38 bits per heavy atom. The van der Waals surface area contributed by atoms with Crippen molar-refractivity contribution in [3.8, 4) is 0 Å². The number of thiazole rings is 1. The maximum atomic E-state index is 12.1. The van der Waals surface area contributed by atoms with Gasteiger partial charge in [-0.2, -0.15) is 4.57 Å². The molecule has 0 radical (unpaired) electrons. The number of allylic oxidation sites excluding steroid dienone is 6. The molecule has 1 aliphatic heterocycles. The molecule has 0 amide bonds. The zero-order valence-electron chi connectivity index (χ0n) is 24.5. The fourth-order valence-electron chi connectivity index (χ4n) is 5.40. The minimum Gasteiger partial charge on any atom is -1.00 e. The highest BCUT2D eigenvalue weighted by atomic mass is 127. The lowest BCUT2D eigenvalue weighted by atomic mass is 9.88. The maximum absolute atomic E-state index is 12.1. The fourth-order valence-corrected chi connectivity index (χ4v) is 7.62. The number of thioether (sulfide) groups is 1. The Kier molecular flexibility index (Phi) is 10.7. The van der Waals surface area contributed by atoms with Crippen molar-refractivity contribution in [3.05, 3.63) is 92.5 Å². The van der Waals surface area contributed by atoms with Crippen molar-refractivity contribution in [2.45, 2.75) is 51.5 Å². The molecular formula is C33H35IN2O4S2. The van der Waals surface area contributed by atoms with E-state index in [0.717, 1.165) is 63.2 Å². The molecule has 3 aromatic rings. The largest absolute Gasteiger partial charge is 1.00 e. The molecule has 0 saturated heterocycles. The number of aromatic nitrogens is 1. The van der Waals surface area contributed by atoms with Gasteiger partial charge in [0, 0.05) is 23.6 Å². The third-order valence-electron chi connectivity index (χ3n) is 7.64. The van der Waals surface area contributed by atoms with Crippen molar-refractivity contribution in [2.75, 3.05) is 25.7 Å². The molecule has 220 valence electrons. The van der Waals surface area contributed by atoms with Gasteiger partial charge in [-0.3, -0.25) is 0 Å². The summed E-state index contributed by atoms with van der Waals surface area (Å²) in [6, 6.07) is 11.5. The normalized spacial score (nSPS) is 16.8. The van der Waals surface area contributed by atoms with Crippen LogP contribution in [0.1, 0.15) is 65.8 Å². The Hall–Kier alpha value is -2.89. The van der Waals surface area contributed by atoms with Gasteiger partial charge in [-0.05, 0) is 93.2 Å². The Morgan fingerprint density at radius 1 is 0.976 bits per heavy atom. The third kappa shape index (κ3) is 6.38. The van der Waals surface area contributed by atoms with Crippen molar-refractivity contribution in [1.29, 1.82) is 0 Å². The number of hydrogen-bond donors (Lipinski definition) is 0. The van der Waals surface area contributed by atoms with Crippen LogP contribution in [-0.4, -0.2) is 32.7 Å². The van der Waals surface area contributed by atoms with E-state index in [4.69, 9.17) is 9.47 Å². The number of rotatable bonds is 7. The number of aryl methyl sites for hydroxylation is 1. The van der Waals surface area contributed by atoms with Gasteiger partial charge in [0.1, 0.15) is 11.2 Å². The van der Waals surface area contributed by atoms with Gasteiger partial charge in [0.05, 0.1) is 36.1 Å². The highest BCUT2D eigenvalue weighted by molar-refractivity contribution is 8.03. The average molecular weight is 715 g/mol. The van der Waals surface area contributed by atoms with E-state index in [1.807, 2.05) is 36.4 Å². The Morgan fingerprint density at radius 2 is 1.69 bits per heavy atom. The molecular weight excluding hydrogens is 679 g/mol. The van der Waals surface area contributed by atoms with Gasteiger partial charge in [-0.15, -0.1) is 0 Å². The van der Waals surface area contributed by atoms with Crippen LogP contribution in [0.2, 0.25) is 0 Å². The molecule has 2 heterocycles. The molecule has 0 atom stereocenters. The van der Waals surface area contributed by atoms with Gasteiger partial charge in [0.15, 0.2) is 0 Å². The van der Waals surface area contributed by atoms with Crippen molar-refractivity contribution in [1.82, 2.24) is 0 Å². The van der Waals surface area contributed by atoms with E-state index in [1.165, 1.54) is 30.9 Å². The molecule has 5 rings (SSSR count). The predicted octanol–water partition coefficient (Wildman–Crippen LogP) is 4.70. The predicted molar refractivity (Wildman–Crippen MR) is 167 cm³/mol. The number of methoxy groups -OCH3 is 2. The van der Waals surface area contributed by atoms with Crippen LogP contribution in [0.15, 0.2) is 81.3 Å². The lowest BCUT2D eigenvalue weighted by molar-refractivity contribution is -0.665. The molecule has 42 heavy (non-hydrogen) atoms. The van der Waals surface area contributed by atoms with Crippen molar-refractivity contribution in [2.24, 2.45) is 0 Å². The number of hydrogen-bond acceptors (Lipinski definition) is 7. The maximum Gasteiger partial charge on any atom is 0.338 e. The first-order chi connectivity index (χ1) is 19.9. The number of nitrogens with zero attached hydrogens (tertiary/aromatic N) is 2. The highest BCUT2D eigenvalue weighted by Crippen LogP contribution is 2.46. The fraction of sp³-hybridized carbons (Fsp3) is 0.303. The number of esters is 2. The van der Waals surface area contributed by atoms with Crippen molar-refractivity contribution >= 4 is 57.0 Å². The molecule has 1 aliphatic carbocycles. The van der Waals surface area contributed by atoms with Crippen LogP contribution < -0.4 is 33.4 Å². The molecule has 0 fully saturated rings. The number of ether oxygens (including phenoxy) is 2. The van der Waals surface area contributed by atoms with Gasteiger partial charge >= 0.3 is 11.9 Å². The quantitative estimate of drug-likeness (QED) is 0.201. The molecule has 0 spiro atoms. The van der Waals surface area contributed by atoms with E-state index in [0.29, 0.717) is 11.1 Å². The second-order valence-electron chi connectivity index (χ2n) is 9.91. The molecule has 2 aliphatic rings. The number of halogens is 1. The van der Waals surface area contributed by atoms with Crippen LogP contribution in [0.5, 0.6) is 0 Å². The van der Waals surface area contributed by atoms with Gasteiger partial charge in [-0.1, -0.05) is 35.3 Å². The summed E-state index contributed by atoms with van der Waals surface area (Å²) >= 11 is 3.47. The number of carbonyl (C=O) groups is 2. The van der Waals surface area contributed by atoms with E-state index in [9.17, 15) is 9.59 Å². The van der Waals surface area contributed by atoms with Crippen LogP contribution in [0, 0.1) is 0 Å². The Balaban J connectivity index is 0.00000405.